The van der Waals surface area contributed by atoms with Crippen molar-refractivity contribution in [1.82, 2.24) is 15.3 Å². The van der Waals surface area contributed by atoms with Gasteiger partial charge in [0.1, 0.15) is 5.75 Å². The van der Waals surface area contributed by atoms with Gasteiger partial charge in [-0.3, -0.25) is 0 Å². The molecular formula is C15H18ClN3O. The molecule has 1 aromatic heterocycles. The van der Waals surface area contributed by atoms with Crippen molar-refractivity contribution in [2.45, 2.75) is 27.3 Å². The lowest BCUT2D eigenvalue weighted by Crippen LogP contribution is -2.13. The standard InChI is InChI=1S/C15H18ClN3O/c1-4-17-8-12-9-18-15(19-11(12)3)20-13-5-6-14(16)10(2)7-13/h5-7,9,17H,4,8H2,1-3H3. The van der Waals surface area contributed by atoms with Gasteiger partial charge in [-0.05, 0) is 44.2 Å². The molecule has 2 aromatic rings. The van der Waals surface area contributed by atoms with Crippen LogP contribution >= 0.6 is 11.6 Å². The van der Waals surface area contributed by atoms with Crippen molar-refractivity contribution in [1.29, 1.82) is 0 Å². The maximum atomic E-state index is 5.98. The maximum Gasteiger partial charge on any atom is 0.322 e. The molecule has 2 rings (SSSR count). The van der Waals surface area contributed by atoms with Crippen LogP contribution in [0.25, 0.3) is 0 Å². The molecule has 0 bridgehead atoms. The normalized spacial score (nSPS) is 10.6. The molecule has 0 aliphatic rings. The van der Waals surface area contributed by atoms with Gasteiger partial charge in [0.05, 0.1) is 0 Å². The van der Waals surface area contributed by atoms with Gasteiger partial charge >= 0.3 is 6.01 Å². The van der Waals surface area contributed by atoms with Gasteiger partial charge in [0.2, 0.25) is 0 Å². The third-order valence-corrected chi connectivity index (χ3v) is 3.39. The topological polar surface area (TPSA) is 47.0 Å². The third kappa shape index (κ3) is 3.68. The number of nitrogens with zero attached hydrogens (tertiary/aromatic N) is 2. The van der Waals surface area contributed by atoms with Crippen LogP contribution in [0.3, 0.4) is 0 Å². The highest BCUT2D eigenvalue weighted by atomic mass is 35.5. The second-order valence-corrected chi connectivity index (χ2v) is 4.96. The number of benzene rings is 1. The largest absolute Gasteiger partial charge is 0.424 e. The number of aryl methyl sites for hydroxylation is 2. The zero-order chi connectivity index (χ0) is 14.5. The summed E-state index contributed by atoms with van der Waals surface area (Å²) in [5.41, 5.74) is 2.96. The predicted octanol–water partition coefficient (Wildman–Crippen LogP) is 3.65. The summed E-state index contributed by atoms with van der Waals surface area (Å²) in [5, 5.41) is 3.97. The van der Waals surface area contributed by atoms with E-state index in [9.17, 15) is 0 Å². The first-order chi connectivity index (χ1) is 9.60. The fraction of sp³-hybridized carbons (Fsp3) is 0.333. The number of rotatable bonds is 5. The first kappa shape index (κ1) is 14.8. The molecule has 5 heteroatoms. The molecule has 0 unspecified atom stereocenters. The zero-order valence-corrected chi connectivity index (χ0v) is 12.7. The number of aromatic nitrogens is 2. The van der Waals surface area contributed by atoms with Gasteiger partial charge in [0.15, 0.2) is 0 Å². The van der Waals surface area contributed by atoms with Crippen LogP contribution < -0.4 is 10.1 Å². The van der Waals surface area contributed by atoms with Crippen LogP contribution in [0.5, 0.6) is 11.8 Å². The lowest BCUT2D eigenvalue weighted by Gasteiger charge is -2.09. The van der Waals surface area contributed by atoms with Crippen molar-refractivity contribution >= 4 is 11.6 Å². The Morgan fingerprint density at radius 2 is 2.10 bits per heavy atom. The van der Waals surface area contributed by atoms with E-state index < -0.39 is 0 Å². The van der Waals surface area contributed by atoms with E-state index in [1.807, 2.05) is 19.9 Å². The van der Waals surface area contributed by atoms with Crippen LogP contribution in [0.15, 0.2) is 24.4 Å². The van der Waals surface area contributed by atoms with Crippen molar-refractivity contribution in [3.63, 3.8) is 0 Å². The minimum absolute atomic E-state index is 0.351. The highest BCUT2D eigenvalue weighted by Gasteiger charge is 2.06. The van der Waals surface area contributed by atoms with Gasteiger partial charge in [-0.1, -0.05) is 18.5 Å². The van der Waals surface area contributed by atoms with E-state index in [-0.39, 0.29) is 0 Å². The molecule has 1 N–H and O–H groups in total. The molecule has 4 nitrogen and oxygen atoms in total. The first-order valence-electron chi connectivity index (χ1n) is 6.57. The predicted molar refractivity (Wildman–Crippen MR) is 80.4 cm³/mol. The summed E-state index contributed by atoms with van der Waals surface area (Å²) in [7, 11) is 0. The van der Waals surface area contributed by atoms with Crippen LogP contribution in [0.4, 0.5) is 0 Å². The highest BCUT2D eigenvalue weighted by molar-refractivity contribution is 6.31. The Hall–Kier alpha value is -1.65. The third-order valence-electron chi connectivity index (χ3n) is 2.96. The summed E-state index contributed by atoms with van der Waals surface area (Å²) >= 11 is 5.98. The smallest absolute Gasteiger partial charge is 0.322 e. The fourth-order valence-electron chi connectivity index (χ4n) is 1.74. The van der Waals surface area contributed by atoms with Crippen LogP contribution in [-0.4, -0.2) is 16.5 Å². The molecule has 0 spiro atoms. The van der Waals surface area contributed by atoms with E-state index in [1.165, 1.54) is 0 Å². The molecule has 0 aliphatic carbocycles. The molecule has 0 radical (unpaired) electrons. The van der Waals surface area contributed by atoms with Crippen LogP contribution in [0.2, 0.25) is 5.02 Å². The Balaban J connectivity index is 2.13. The van der Waals surface area contributed by atoms with Crippen molar-refractivity contribution in [3.05, 3.63) is 46.2 Å². The quantitative estimate of drug-likeness (QED) is 0.913. The van der Waals surface area contributed by atoms with Crippen molar-refractivity contribution in [3.8, 4) is 11.8 Å². The molecule has 0 saturated carbocycles. The molecule has 20 heavy (non-hydrogen) atoms. The van der Waals surface area contributed by atoms with Crippen molar-refractivity contribution < 1.29 is 4.74 Å². The maximum absolute atomic E-state index is 5.98. The van der Waals surface area contributed by atoms with Crippen LogP contribution in [-0.2, 0) is 6.54 Å². The summed E-state index contributed by atoms with van der Waals surface area (Å²) in [6, 6.07) is 5.83. The molecule has 106 valence electrons. The average Bonchev–Trinajstić information content (AvgIpc) is 2.42. The number of nitrogens with one attached hydrogen (secondary N) is 1. The molecule has 0 aliphatic heterocycles. The second-order valence-electron chi connectivity index (χ2n) is 4.56. The van der Waals surface area contributed by atoms with E-state index in [0.717, 1.165) is 34.9 Å². The van der Waals surface area contributed by atoms with Gasteiger partial charge in [0.25, 0.3) is 0 Å². The lowest BCUT2D eigenvalue weighted by atomic mass is 10.2. The van der Waals surface area contributed by atoms with Gasteiger partial charge in [-0.25, -0.2) is 4.98 Å². The number of hydrogen-bond acceptors (Lipinski definition) is 4. The Bertz CT molecular complexity index is 602. The van der Waals surface area contributed by atoms with E-state index in [1.54, 1.807) is 18.3 Å². The summed E-state index contributed by atoms with van der Waals surface area (Å²) in [4.78, 5) is 8.60. The monoisotopic (exact) mass is 291 g/mol. The average molecular weight is 292 g/mol. The van der Waals surface area contributed by atoms with Crippen molar-refractivity contribution in [2.75, 3.05) is 6.54 Å². The van der Waals surface area contributed by atoms with Gasteiger partial charge in [-0.15, -0.1) is 0 Å². The first-order valence-corrected chi connectivity index (χ1v) is 6.95. The van der Waals surface area contributed by atoms with Crippen LogP contribution in [0.1, 0.15) is 23.7 Å². The number of ether oxygens (including phenoxy) is 1. The van der Waals surface area contributed by atoms with E-state index >= 15 is 0 Å². The van der Waals surface area contributed by atoms with Crippen LogP contribution in [0, 0.1) is 13.8 Å². The Kier molecular flexibility index (Phi) is 4.93. The second kappa shape index (κ2) is 6.68. The summed E-state index contributed by atoms with van der Waals surface area (Å²) in [6.45, 7) is 7.64. The van der Waals surface area contributed by atoms with E-state index in [0.29, 0.717) is 11.8 Å². The molecule has 1 aromatic carbocycles. The summed E-state index contributed by atoms with van der Waals surface area (Å²) in [6.07, 6.45) is 1.79. The summed E-state index contributed by atoms with van der Waals surface area (Å²) in [5.74, 6) is 0.686. The van der Waals surface area contributed by atoms with Gasteiger partial charge in [0, 0.05) is 29.0 Å². The molecular weight excluding hydrogens is 274 g/mol. The Morgan fingerprint density at radius 1 is 1.30 bits per heavy atom. The zero-order valence-electron chi connectivity index (χ0n) is 11.9. The van der Waals surface area contributed by atoms with Gasteiger partial charge in [-0.2, -0.15) is 4.98 Å². The number of hydrogen-bond donors (Lipinski definition) is 1. The summed E-state index contributed by atoms with van der Waals surface area (Å²) < 4.78 is 5.65. The highest BCUT2D eigenvalue weighted by Crippen LogP contribution is 2.24. The van der Waals surface area contributed by atoms with E-state index in [4.69, 9.17) is 16.3 Å². The van der Waals surface area contributed by atoms with Gasteiger partial charge < -0.3 is 10.1 Å². The molecule has 0 fully saturated rings. The van der Waals surface area contributed by atoms with Crippen molar-refractivity contribution in [2.24, 2.45) is 0 Å². The molecule has 1 heterocycles. The fourth-order valence-corrected chi connectivity index (χ4v) is 1.86. The molecule has 0 saturated heterocycles. The minimum Gasteiger partial charge on any atom is -0.424 e. The lowest BCUT2D eigenvalue weighted by molar-refractivity contribution is 0.439. The molecule has 0 atom stereocenters. The Morgan fingerprint density at radius 3 is 2.75 bits per heavy atom. The van der Waals surface area contributed by atoms with E-state index in [2.05, 4.69) is 22.2 Å². The minimum atomic E-state index is 0.351. The molecule has 0 amide bonds. The Labute approximate surface area is 124 Å². The number of halogens is 1. The SMILES string of the molecule is CCNCc1cnc(Oc2ccc(Cl)c(C)c2)nc1C.